The number of hydrogen-bond acceptors (Lipinski definition) is 3. The van der Waals surface area contributed by atoms with Gasteiger partial charge in [0.1, 0.15) is 0 Å². The molecule has 0 saturated heterocycles. The van der Waals surface area contributed by atoms with Crippen molar-refractivity contribution >= 4 is 11.6 Å². The van der Waals surface area contributed by atoms with Crippen LogP contribution in [0.25, 0.3) is 0 Å². The molecule has 1 amide bonds. The summed E-state index contributed by atoms with van der Waals surface area (Å²) >= 11 is 0. The zero-order valence-corrected chi connectivity index (χ0v) is 12.7. The summed E-state index contributed by atoms with van der Waals surface area (Å²) < 4.78 is 0. The maximum absolute atomic E-state index is 12.5. The topological polar surface area (TPSA) is 83.8 Å². The van der Waals surface area contributed by atoms with Gasteiger partial charge in [0.15, 0.2) is 5.69 Å². The van der Waals surface area contributed by atoms with Gasteiger partial charge in [0.25, 0.3) is 5.91 Å². The van der Waals surface area contributed by atoms with Crippen LogP contribution in [0.4, 0.5) is 5.69 Å². The zero-order valence-electron chi connectivity index (χ0n) is 12.7. The van der Waals surface area contributed by atoms with Crippen LogP contribution in [0.3, 0.4) is 0 Å². The SMILES string of the molecule is Cc1[nH]nc(C(=O)NC2C3(C)CCC(C3)C2(C)C)c1N. The first-order valence-corrected chi connectivity index (χ1v) is 7.37. The number of aryl methyl sites for hydroxylation is 1. The molecule has 0 aliphatic heterocycles. The molecule has 2 saturated carbocycles. The van der Waals surface area contributed by atoms with Crippen molar-refractivity contribution in [1.82, 2.24) is 15.5 Å². The number of amides is 1. The van der Waals surface area contributed by atoms with E-state index in [1.54, 1.807) is 0 Å². The molecule has 20 heavy (non-hydrogen) atoms. The van der Waals surface area contributed by atoms with Crippen molar-refractivity contribution in [2.75, 3.05) is 5.73 Å². The number of rotatable bonds is 2. The number of carbonyl (C=O) groups is 1. The lowest BCUT2D eigenvalue weighted by Gasteiger charge is -2.43. The molecule has 3 atom stereocenters. The molecule has 2 aliphatic rings. The zero-order chi connectivity index (χ0) is 14.7. The van der Waals surface area contributed by atoms with Crippen LogP contribution in [0, 0.1) is 23.7 Å². The minimum atomic E-state index is -0.154. The van der Waals surface area contributed by atoms with Crippen LogP contribution in [0.2, 0.25) is 0 Å². The van der Waals surface area contributed by atoms with Crippen LogP contribution in [-0.4, -0.2) is 22.1 Å². The standard InChI is InChI=1S/C15H24N4O/c1-8-10(16)11(19-18-8)12(20)17-13-14(2,3)9-5-6-15(13,4)7-9/h9,13H,5-7,16H2,1-4H3,(H,17,20)(H,18,19). The number of nitrogens with one attached hydrogen (secondary N) is 2. The second-order valence-electron chi connectivity index (χ2n) is 7.43. The first kappa shape index (κ1) is 13.5. The van der Waals surface area contributed by atoms with Crippen LogP contribution in [0.15, 0.2) is 0 Å². The van der Waals surface area contributed by atoms with E-state index in [-0.39, 0.29) is 22.8 Å². The second kappa shape index (κ2) is 3.99. The van der Waals surface area contributed by atoms with Crippen molar-refractivity contribution in [2.24, 2.45) is 16.7 Å². The Morgan fingerprint density at radius 2 is 2.15 bits per heavy atom. The molecule has 2 bridgehead atoms. The fourth-order valence-corrected chi connectivity index (χ4v) is 4.47. The Hall–Kier alpha value is -1.52. The third-order valence-corrected chi connectivity index (χ3v) is 5.75. The first-order chi connectivity index (χ1) is 9.25. The van der Waals surface area contributed by atoms with Gasteiger partial charge in [0.05, 0.1) is 11.4 Å². The van der Waals surface area contributed by atoms with Crippen molar-refractivity contribution in [3.63, 3.8) is 0 Å². The van der Waals surface area contributed by atoms with E-state index in [1.165, 1.54) is 19.3 Å². The third-order valence-electron chi connectivity index (χ3n) is 5.75. The van der Waals surface area contributed by atoms with E-state index in [2.05, 4.69) is 36.3 Å². The molecule has 110 valence electrons. The van der Waals surface area contributed by atoms with Crippen molar-refractivity contribution in [1.29, 1.82) is 0 Å². The predicted molar refractivity (Wildman–Crippen MR) is 78.2 cm³/mol. The highest BCUT2D eigenvalue weighted by Gasteiger charge is 2.59. The summed E-state index contributed by atoms with van der Waals surface area (Å²) in [5.74, 6) is 0.551. The summed E-state index contributed by atoms with van der Waals surface area (Å²) in [6.07, 6.45) is 3.68. The monoisotopic (exact) mass is 276 g/mol. The molecule has 2 fully saturated rings. The number of aromatic amines is 1. The van der Waals surface area contributed by atoms with Gasteiger partial charge in [-0.05, 0) is 42.9 Å². The van der Waals surface area contributed by atoms with E-state index >= 15 is 0 Å². The Morgan fingerprint density at radius 1 is 1.45 bits per heavy atom. The van der Waals surface area contributed by atoms with Crippen LogP contribution in [0.5, 0.6) is 0 Å². The summed E-state index contributed by atoms with van der Waals surface area (Å²) in [7, 11) is 0. The largest absolute Gasteiger partial charge is 0.395 e. The smallest absolute Gasteiger partial charge is 0.274 e. The van der Waals surface area contributed by atoms with Gasteiger partial charge in [-0.15, -0.1) is 0 Å². The average molecular weight is 276 g/mol. The molecular formula is C15H24N4O. The number of nitrogens with two attached hydrogens (primary N) is 1. The molecule has 5 nitrogen and oxygen atoms in total. The van der Waals surface area contributed by atoms with Gasteiger partial charge >= 0.3 is 0 Å². The number of fused-ring (bicyclic) bond motifs is 2. The Kier molecular flexibility index (Phi) is 2.69. The predicted octanol–water partition coefficient (Wildman–Crippen LogP) is 2.24. The summed E-state index contributed by atoms with van der Waals surface area (Å²) in [6, 6.07) is 0.192. The molecule has 1 aromatic rings. The molecular weight excluding hydrogens is 252 g/mol. The van der Waals surface area contributed by atoms with Gasteiger partial charge in [-0.25, -0.2) is 0 Å². The summed E-state index contributed by atoms with van der Waals surface area (Å²) in [5, 5.41) is 10.0. The van der Waals surface area contributed by atoms with E-state index in [0.717, 1.165) is 5.69 Å². The van der Waals surface area contributed by atoms with Gasteiger partial charge in [-0.1, -0.05) is 20.8 Å². The van der Waals surface area contributed by atoms with Gasteiger partial charge in [-0.2, -0.15) is 5.10 Å². The number of H-pyrrole nitrogens is 1. The lowest BCUT2D eigenvalue weighted by molar-refractivity contribution is 0.0734. The van der Waals surface area contributed by atoms with Gasteiger partial charge in [0.2, 0.25) is 0 Å². The number of nitrogens with zero attached hydrogens (tertiary/aromatic N) is 1. The molecule has 5 heteroatoms. The molecule has 2 aliphatic carbocycles. The van der Waals surface area contributed by atoms with E-state index in [9.17, 15) is 4.79 Å². The molecule has 3 rings (SSSR count). The summed E-state index contributed by atoms with van der Waals surface area (Å²) in [5.41, 5.74) is 7.77. The lowest BCUT2D eigenvalue weighted by Crippen LogP contribution is -2.52. The third kappa shape index (κ3) is 1.68. The van der Waals surface area contributed by atoms with Crippen molar-refractivity contribution in [3.8, 4) is 0 Å². The van der Waals surface area contributed by atoms with Crippen LogP contribution < -0.4 is 11.1 Å². The fourth-order valence-electron chi connectivity index (χ4n) is 4.47. The van der Waals surface area contributed by atoms with E-state index in [0.29, 0.717) is 17.3 Å². The van der Waals surface area contributed by atoms with Crippen LogP contribution in [0.1, 0.15) is 56.2 Å². The van der Waals surface area contributed by atoms with Gasteiger partial charge in [-0.3, -0.25) is 9.89 Å². The van der Waals surface area contributed by atoms with Crippen molar-refractivity contribution in [2.45, 2.75) is 53.0 Å². The number of nitrogen functional groups attached to an aromatic ring is 1. The average Bonchev–Trinajstić information content (AvgIpc) is 2.96. The molecule has 0 aromatic carbocycles. The number of hydrogen-bond donors (Lipinski definition) is 3. The minimum absolute atomic E-state index is 0.142. The highest BCUT2D eigenvalue weighted by atomic mass is 16.2. The van der Waals surface area contributed by atoms with Crippen LogP contribution >= 0.6 is 0 Å². The Bertz CT molecular complexity index is 557. The van der Waals surface area contributed by atoms with Crippen molar-refractivity contribution in [3.05, 3.63) is 11.4 Å². The summed E-state index contributed by atoms with van der Waals surface area (Å²) in [4.78, 5) is 12.5. The highest BCUT2D eigenvalue weighted by Crippen LogP contribution is 2.62. The molecule has 0 radical (unpaired) electrons. The first-order valence-electron chi connectivity index (χ1n) is 7.37. The Morgan fingerprint density at radius 3 is 2.65 bits per heavy atom. The van der Waals surface area contributed by atoms with E-state index < -0.39 is 0 Å². The normalized spacial score (nSPS) is 34.4. The van der Waals surface area contributed by atoms with Crippen LogP contribution in [-0.2, 0) is 0 Å². The van der Waals surface area contributed by atoms with E-state index in [4.69, 9.17) is 5.73 Å². The Balaban J connectivity index is 1.84. The van der Waals surface area contributed by atoms with Crippen molar-refractivity contribution < 1.29 is 4.79 Å². The quantitative estimate of drug-likeness (QED) is 0.774. The van der Waals surface area contributed by atoms with Gasteiger partial charge < -0.3 is 11.1 Å². The number of aromatic nitrogens is 2. The second-order valence-corrected chi connectivity index (χ2v) is 7.43. The maximum atomic E-state index is 12.5. The number of carbonyl (C=O) groups excluding carboxylic acids is 1. The van der Waals surface area contributed by atoms with E-state index in [1.807, 2.05) is 6.92 Å². The molecule has 3 unspecified atom stereocenters. The summed E-state index contributed by atoms with van der Waals surface area (Å²) in [6.45, 7) is 8.66. The Labute approximate surface area is 119 Å². The molecule has 1 aromatic heterocycles. The molecule has 1 heterocycles. The highest BCUT2D eigenvalue weighted by molar-refractivity contribution is 5.97. The minimum Gasteiger partial charge on any atom is -0.395 e. The molecule has 4 N–H and O–H groups in total. The maximum Gasteiger partial charge on any atom is 0.274 e. The number of anilines is 1. The molecule has 0 spiro atoms. The lowest BCUT2D eigenvalue weighted by atomic mass is 9.68. The van der Waals surface area contributed by atoms with Gasteiger partial charge in [0, 0.05) is 6.04 Å². The fraction of sp³-hybridized carbons (Fsp3) is 0.733.